The van der Waals surface area contributed by atoms with Gasteiger partial charge in [-0.15, -0.1) is 0 Å². The number of nitrogens with zero attached hydrogens (tertiary/aromatic N) is 2. The molecule has 0 atom stereocenters. The van der Waals surface area contributed by atoms with Gasteiger partial charge in [-0.05, 0) is 6.92 Å². The molecule has 1 aromatic heterocycles. The number of hydrogen-bond acceptors (Lipinski definition) is 2. The van der Waals surface area contributed by atoms with Gasteiger partial charge in [0.25, 0.3) is 6.33 Å². The third kappa shape index (κ3) is 2.70. The molecule has 4 heteroatoms. The van der Waals surface area contributed by atoms with Crippen LogP contribution in [0.1, 0.15) is 13.8 Å². The SMILES string of the molecule is CCSn1cc[n+](CC(C)=O)c1. The van der Waals surface area contributed by atoms with E-state index in [1.807, 2.05) is 27.3 Å². The molecule has 0 fully saturated rings. The van der Waals surface area contributed by atoms with Crippen molar-refractivity contribution in [2.75, 3.05) is 5.75 Å². The van der Waals surface area contributed by atoms with Gasteiger partial charge in [0, 0.05) is 5.75 Å². The van der Waals surface area contributed by atoms with Crippen LogP contribution in [0.2, 0.25) is 0 Å². The van der Waals surface area contributed by atoms with Crippen molar-refractivity contribution in [1.82, 2.24) is 3.97 Å². The quantitative estimate of drug-likeness (QED) is 0.651. The average Bonchev–Trinajstić information content (AvgIpc) is 2.36. The van der Waals surface area contributed by atoms with Crippen molar-refractivity contribution in [1.29, 1.82) is 0 Å². The topological polar surface area (TPSA) is 25.9 Å². The minimum Gasteiger partial charge on any atom is -0.296 e. The van der Waals surface area contributed by atoms with Crippen LogP contribution < -0.4 is 4.57 Å². The number of Topliss-reactive ketones (excluding diaryl/α,β-unsaturated/α-hetero) is 1. The molecule has 12 heavy (non-hydrogen) atoms. The maximum absolute atomic E-state index is 10.7. The summed E-state index contributed by atoms with van der Waals surface area (Å²) < 4.78 is 3.88. The van der Waals surface area contributed by atoms with E-state index in [1.165, 1.54) is 0 Å². The molecule has 0 amide bonds. The van der Waals surface area contributed by atoms with Gasteiger partial charge in [0.1, 0.15) is 18.9 Å². The second kappa shape index (κ2) is 4.30. The maximum atomic E-state index is 10.7. The molecule has 1 heterocycles. The lowest BCUT2D eigenvalue weighted by atomic mass is 10.4. The zero-order valence-electron chi connectivity index (χ0n) is 7.36. The second-order valence-corrected chi connectivity index (χ2v) is 3.82. The van der Waals surface area contributed by atoms with E-state index in [2.05, 4.69) is 6.92 Å². The minimum absolute atomic E-state index is 0.180. The molecule has 0 spiro atoms. The van der Waals surface area contributed by atoms with Gasteiger partial charge in [0.2, 0.25) is 0 Å². The average molecular weight is 185 g/mol. The summed E-state index contributed by atoms with van der Waals surface area (Å²) in [6, 6.07) is 0. The Bertz CT molecular complexity index is 270. The number of carbonyl (C=O) groups excluding carboxylic acids is 1. The van der Waals surface area contributed by atoms with Gasteiger partial charge in [0.15, 0.2) is 5.78 Å². The van der Waals surface area contributed by atoms with Crippen LogP contribution in [0.5, 0.6) is 0 Å². The number of rotatable bonds is 4. The molecular weight excluding hydrogens is 172 g/mol. The van der Waals surface area contributed by atoms with Crippen molar-refractivity contribution in [2.45, 2.75) is 20.4 Å². The van der Waals surface area contributed by atoms with Gasteiger partial charge >= 0.3 is 0 Å². The highest BCUT2D eigenvalue weighted by molar-refractivity contribution is 7.97. The highest BCUT2D eigenvalue weighted by Crippen LogP contribution is 2.01. The molecule has 3 nitrogen and oxygen atoms in total. The predicted octanol–water partition coefficient (Wildman–Crippen LogP) is 0.881. The van der Waals surface area contributed by atoms with E-state index in [4.69, 9.17) is 0 Å². The first-order valence-corrected chi connectivity index (χ1v) is 4.86. The molecule has 0 bridgehead atoms. The number of ketones is 1. The molecule has 66 valence electrons. The number of imidazole rings is 1. The van der Waals surface area contributed by atoms with Crippen LogP contribution in [0.15, 0.2) is 18.7 Å². The first kappa shape index (κ1) is 9.32. The summed E-state index contributed by atoms with van der Waals surface area (Å²) >= 11 is 1.71. The fraction of sp³-hybridized carbons (Fsp3) is 0.500. The monoisotopic (exact) mass is 185 g/mol. The molecule has 0 unspecified atom stereocenters. The Morgan fingerprint density at radius 1 is 1.67 bits per heavy atom. The molecule has 1 rings (SSSR count). The summed E-state index contributed by atoms with van der Waals surface area (Å²) in [5, 5.41) is 0. The van der Waals surface area contributed by atoms with Crippen molar-refractivity contribution >= 4 is 17.7 Å². The Morgan fingerprint density at radius 3 is 3.00 bits per heavy atom. The zero-order chi connectivity index (χ0) is 8.97. The lowest BCUT2D eigenvalue weighted by molar-refractivity contribution is -0.683. The molecular formula is C8H13N2OS+. The van der Waals surface area contributed by atoms with E-state index in [9.17, 15) is 4.79 Å². The zero-order valence-corrected chi connectivity index (χ0v) is 8.17. The minimum atomic E-state index is 0.180. The van der Waals surface area contributed by atoms with Crippen LogP contribution in [0, 0.1) is 0 Å². The van der Waals surface area contributed by atoms with E-state index < -0.39 is 0 Å². The lowest BCUT2D eigenvalue weighted by Gasteiger charge is -1.88. The van der Waals surface area contributed by atoms with Crippen LogP contribution in [-0.4, -0.2) is 15.5 Å². The third-order valence-electron chi connectivity index (χ3n) is 1.35. The third-order valence-corrected chi connectivity index (χ3v) is 2.12. The predicted molar refractivity (Wildman–Crippen MR) is 48.8 cm³/mol. The van der Waals surface area contributed by atoms with Crippen molar-refractivity contribution in [3.05, 3.63) is 18.7 Å². The molecule has 0 radical (unpaired) electrons. The number of aromatic nitrogens is 2. The van der Waals surface area contributed by atoms with Gasteiger partial charge in [-0.25, -0.2) is 4.57 Å². The number of hydrogen-bond donors (Lipinski definition) is 0. The van der Waals surface area contributed by atoms with Gasteiger partial charge in [0.05, 0.1) is 11.9 Å². The summed E-state index contributed by atoms with van der Waals surface area (Å²) in [6.45, 7) is 4.16. The van der Waals surface area contributed by atoms with Crippen LogP contribution in [-0.2, 0) is 11.3 Å². The Hall–Kier alpha value is -0.770. The second-order valence-electron chi connectivity index (χ2n) is 2.57. The summed E-state index contributed by atoms with van der Waals surface area (Å²) in [4.78, 5) is 10.7. The van der Waals surface area contributed by atoms with Crippen molar-refractivity contribution in [3.63, 3.8) is 0 Å². The van der Waals surface area contributed by atoms with Crippen molar-refractivity contribution < 1.29 is 9.36 Å². The smallest absolute Gasteiger partial charge is 0.255 e. The molecule has 0 saturated heterocycles. The van der Waals surface area contributed by atoms with E-state index in [-0.39, 0.29) is 5.78 Å². The number of carbonyl (C=O) groups is 1. The fourth-order valence-electron chi connectivity index (χ4n) is 0.951. The normalized spacial score (nSPS) is 10.2. The highest BCUT2D eigenvalue weighted by Gasteiger charge is 2.04. The molecule has 0 saturated carbocycles. The standard InChI is InChI=1S/C8H13N2OS/c1-3-12-10-5-4-9(7-10)6-8(2)11/h4-5,7H,3,6H2,1-2H3/q+1. The van der Waals surface area contributed by atoms with Crippen molar-refractivity contribution in [2.24, 2.45) is 0 Å². The fourth-order valence-corrected chi connectivity index (χ4v) is 1.58. The lowest BCUT2D eigenvalue weighted by Crippen LogP contribution is -2.34. The van der Waals surface area contributed by atoms with Crippen LogP contribution in [0.3, 0.4) is 0 Å². The Kier molecular flexibility index (Phi) is 3.34. The Morgan fingerprint density at radius 2 is 2.42 bits per heavy atom. The van der Waals surface area contributed by atoms with Gasteiger partial charge in [-0.1, -0.05) is 6.92 Å². The maximum Gasteiger partial charge on any atom is 0.255 e. The van der Waals surface area contributed by atoms with E-state index in [0.29, 0.717) is 6.54 Å². The van der Waals surface area contributed by atoms with Crippen LogP contribution >= 0.6 is 11.9 Å². The summed E-state index contributed by atoms with van der Waals surface area (Å²) in [5.74, 6) is 1.22. The summed E-state index contributed by atoms with van der Waals surface area (Å²) in [5.41, 5.74) is 0. The molecule has 0 aliphatic rings. The Balaban J connectivity index is 2.58. The van der Waals surface area contributed by atoms with Gasteiger partial charge in [-0.3, -0.25) is 4.79 Å². The van der Waals surface area contributed by atoms with Gasteiger partial charge in [-0.2, -0.15) is 3.97 Å². The first-order chi connectivity index (χ1) is 5.72. The Labute approximate surface area is 76.5 Å². The molecule has 0 aliphatic heterocycles. The van der Waals surface area contributed by atoms with Crippen LogP contribution in [0.25, 0.3) is 0 Å². The van der Waals surface area contributed by atoms with E-state index in [0.717, 1.165) is 5.75 Å². The summed E-state index contributed by atoms with van der Waals surface area (Å²) in [6.07, 6.45) is 5.79. The van der Waals surface area contributed by atoms with Crippen molar-refractivity contribution in [3.8, 4) is 0 Å². The first-order valence-electron chi connectivity index (χ1n) is 3.92. The highest BCUT2D eigenvalue weighted by atomic mass is 32.2. The molecule has 0 N–H and O–H groups in total. The molecule has 0 aromatic carbocycles. The molecule has 0 aliphatic carbocycles. The summed E-state index contributed by atoms with van der Waals surface area (Å²) in [7, 11) is 0. The van der Waals surface area contributed by atoms with E-state index in [1.54, 1.807) is 18.9 Å². The largest absolute Gasteiger partial charge is 0.296 e. The van der Waals surface area contributed by atoms with Gasteiger partial charge < -0.3 is 0 Å². The van der Waals surface area contributed by atoms with E-state index >= 15 is 0 Å². The molecule has 1 aromatic rings. The van der Waals surface area contributed by atoms with Crippen LogP contribution in [0.4, 0.5) is 0 Å².